The molecule has 0 radical (unpaired) electrons. The summed E-state index contributed by atoms with van der Waals surface area (Å²) in [5.41, 5.74) is 5.54. The molecule has 2 N–H and O–H groups in total. The smallest absolute Gasteiger partial charge is 0.323 e. The van der Waals surface area contributed by atoms with Gasteiger partial charge >= 0.3 is 5.97 Å². The van der Waals surface area contributed by atoms with Gasteiger partial charge in [-0.3, -0.25) is 4.79 Å². The predicted molar refractivity (Wildman–Crippen MR) is 65.9 cm³/mol. The molecule has 0 aromatic carbocycles. The van der Waals surface area contributed by atoms with Crippen LogP contribution in [0, 0.1) is 5.92 Å². The van der Waals surface area contributed by atoms with E-state index < -0.39 is 15.8 Å². The zero-order chi connectivity index (χ0) is 11.4. The normalized spacial score (nSPS) is 13.3. The molecule has 0 saturated carbocycles. The van der Waals surface area contributed by atoms with E-state index in [0.29, 0.717) is 12.3 Å². The SMILES string of the molecule is CC(C)C[C@H](N)C(=O)OCC(Cl)(Cl)Cl.Cl. The van der Waals surface area contributed by atoms with Crippen molar-refractivity contribution in [3.63, 3.8) is 0 Å². The Labute approximate surface area is 111 Å². The molecule has 3 nitrogen and oxygen atoms in total. The summed E-state index contributed by atoms with van der Waals surface area (Å²) >= 11 is 16.2. The average molecular weight is 299 g/mol. The molecular formula is C8H15Cl4NO2. The van der Waals surface area contributed by atoms with Gasteiger partial charge in [0.2, 0.25) is 3.79 Å². The zero-order valence-corrected chi connectivity index (χ0v) is 11.6. The number of ether oxygens (including phenoxy) is 1. The molecule has 0 spiro atoms. The summed E-state index contributed by atoms with van der Waals surface area (Å²) in [5.74, 6) is -0.213. The van der Waals surface area contributed by atoms with E-state index >= 15 is 0 Å². The molecule has 0 rings (SSSR count). The van der Waals surface area contributed by atoms with Gasteiger partial charge in [-0.2, -0.15) is 0 Å². The van der Waals surface area contributed by atoms with Gasteiger partial charge in [0.05, 0.1) is 0 Å². The Hall–Kier alpha value is 0.590. The quantitative estimate of drug-likeness (QED) is 0.641. The molecule has 0 heterocycles. The van der Waals surface area contributed by atoms with Crippen LogP contribution in [0.2, 0.25) is 0 Å². The number of rotatable bonds is 4. The van der Waals surface area contributed by atoms with Crippen LogP contribution in [0.15, 0.2) is 0 Å². The summed E-state index contributed by atoms with van der Waals surface area (Å²) in [6.45, 7) is 3.65. The van der Waals surface area contributed by atoms with Crippen molar-refractivity contribution >= 4 is 53.2 Å². The maximum absolute atomic E-state index is 11.2. The van der Waals surface area contributed by atoms with Crippen LogP contribution < -0.4 is 5.73 Å². The Morgan fingerprint density at radius 1 is 1.40 bits per heavy atom. The molecule has 1 atom stereocenters. The lowest BCUT2D eigenvalue weighted by molar-refractivity contribution is -0.145. The topological polar surface area (TPSA) is 52.3 Å². The molecule has 0 aromatic heterocycles. The fourth-order valence-corrected chi connectivity index (χ4v) is 1.03. The molecule has 0 aromatic rings. The van der Waals surface area contributed by atoms with E-state index in [9.17, 15) is 4.79 Å². The third-order valence-corrected chi connectivity index (χ3v) is 1.73. The van der Waals surface area contributed by atoms with Crippen LogP contribution in [0.1, 0.15) is 20.3 Å². The van der Waals surface area contributed by atoms with Gasteiger partial charge in [0.15, 0.2) is 0 Å². The zero-order valence-electron chi connectivity index (χ0n) is 8.50. The van der Waals surface area contributed by atoms with Crippen LogP contribution in [0.3, 0.4) is 0 Å². The lowest BCUT2D eigenvalue weighted by atomic mass is 10.1. The molecule has 7 heteroatoms. The van der Waals surface area contributed by atoms with Crippen molar-refractivity contribution in [3.05, 3.63) is 0 Å². The molecule has 15 heavy (non-hydrogen) atoms. The standard InChI is InChI=1S/C8H14Cl3NO2.ClH/c1-5(2)3-6(12)7(13)14-4-8(9,10)11;/h5-6H,3-4,12H2,1-2H3;1H/t6-;/m0./s1. The fraction of sp³-hybridized carbons (Fsp3) is 0.875. The third kappa shape index (κ3) is 10.9. The summed E-state index contributed by atoms with van der Waals surface area (Å²) < 4.78 is 3.13. The van der Waals surface area contributed by atoms with Gasteiger partial charge in [0, 0.05) is 0 Å². The molecule has 92 valence electrons. The first-order valence-electron chi connectivity index (χ1n) is 4.21. The lowest BCUT2D eigenvalue weighted by Gasteiger charge is -2.15. The van der Waals surface area contributed by atoms with Crippen molar-refractivity contribution in [1.82, 2.24) is 0 Å². The minimum Gasteiger partial charge on any atom is -0.460 e. The second kappa shape index (κ2) is 7.80. The summed E-state index contributed by atoms with van der Waals surface area (Å²) in [4.78, 5) is 11.2. The van der Waals surface area contributed by atoms with E-state index in [0.717, 1.165) is 0 Å². The van der Waals surface area contributed by atoms with E-state index in [4.69, 9.17) is 45.3 Å². The third-order valence-electron chi connectivity index (χ3n) is 1.41. The highest BCUT2D eigenvalue weighted by Crippen LogP contribution is 2.26. The number of carbonyl (C=O) groups excluding carboxylic acids is 1. The van der Waals surface area contributed by atoms with E-state index in [1.54, 1.807) is 0 Å². The lowest BCUT2D eigenvalue weighted by Crippen LogP contribution is -2.35. The Morgan fingerprint density at radius 2 is 1.87 bits per heavy atom. The number of hydrogen-bond acceptors (Lipinski definition) is 3. The van der Waals surface area contributed by atoms with Crippen LogP contribution in [0.5, 0.6) is 0 Å². The molecular weight excluding hydrogens is 284 g/mol. The summed E-state index contributed by atoms with van der Waals surface area (Å²) in [6.07, 6.45) is 0.554. The fourth-order valence-electron chi connectivity index (χ4n) is 0.864. The van der Waals surface area contributed by atoms with Gasteiger partial charge in [-0.15, -0.1) is 12.4 Å². The van der Waals surface area contributed by atoms with Crippen LogP contribution in [0.4, 0.5) is 0 Å². The van der Waals surface area contributed by atoms with E-state index in [2.05, 4.69) is 0 Å². The minimum absolute atomic E-state index is 0. The number of nitrogens with two attached hydrogens (primary N) is 1. The van der Waals surface area contributed by atoms with E-state index in [1.807, 2.05) is 13.8 Å². The van der Waals surface area contributed by atoms with Gasteiger partial charge < -0.3 is 10.5 Å². The van der Waals surface area contributed by atoms with Crippen LogP contribution in [-0.4, -0.2) is 22.4 Å². The van der Waals surface area contributed by atoms with Gasteiger partial charge in [0.25, 0.3) is 0 Å². The molecule has 0 fully saturated rings. The predicted octanol–water partition coefficient (Wildman–Crippen LogP) is 2.70. The van der Waals surface area contributed by atoms with Gasteiger partial charge in [-0.1, -0.05) is 48.7 Å². The Morgan fingerprint density at radius 3 is 2.20 bits per heavy atom. The largest absolute Gasteiger partial charge is 0.460 e. The van der Waals surface area contributed by atoms with Gasteiger partial charge in [-0.25, -0.2) is 0 Å². The minimum atomic E-state index is -1.58. The first-order chi connectivity index (χ1) is 6.22. The monoisotopic (exact) mass is 297 g/mol. The van der Waals surface area contributed by atoms with Gasteiger partial charge in [-0.05, 0) is 12.3 Å². The number of alkyl halides is 3. The highest BCUT2D eigenvalue weighted by atomic mass is 35.6. The first-order valence-corrected chi connectivity index (χ1v) is 5.34. The number of esters is 1. The Bertz CT molecular complexity index is 194. The van der Waals surface area contributed by atoms with Crippen LogP contribution in [-0.2, 0) is 9.53 Å². The summed E-state index contributed by atoms with van der Waals surface area (Å²) in [6, 6.07) is -0.651. The van der Waals surface area contributed by atoms with E-state index in [-0.39, 0.29) is 19.0 Å². The average Bonchev–Trinajstić information content (AvgIpc) is 1.97. The number of hydrogen-bond donors (Lipinski definition) is 1. The van der Waals surface area contributed by atoms with Crippen molar-refractivity contribution in [1.29, 1.82) is 0 Å². The highest BCUT2D eigenvalue weighted by Gasteiger charge is 2.24. The summed E-state index contributed by atoms with van der Waals surface area (Å²) in [7, 11) is 0. The van der Waals surface area contributed by atoms with Crippen molar-refractivity contribution in [2.45, 2.75) is 30.1 Å². The molecule has 0 aliphatic heterocycles. The second-order valence-corrected chi connectivity index (χ2v) is 5.97. The van der Waals surface area contributed by atoms with Crippen molar-refractivity contribution in [3.8, 4) is 0 Å². The second-order valence-electron chi connectivity index (χ2n) is 3.46. The summed E-state index contributed by atoms with van der Waals surface area (Å²) in [5, 5.41) is 0. The molecule has 0 aliphatic rings. The van der Waals surface area contributed by atoms with E-state index in [1.165, 1.54) is 0 Å². The molecule has 0 aliphatic carbocycles. The number of carbonyl (C=O) groups is 1. The maximum atomic E-state index is 11.2. The Kier molecular flexibility index (Phi) is 9.34. The molecule has 0 bridgehead atoms. The molecule has 0 unspecified atom stereocenters. The van der Waals surface area contributed by atoms with Gasteiger partial charge in [0.1, 0.15) is 12.6 Å². The van der Waals surface area contributed by atoms with Crippen LogP contribution >= 0.6 is 47.2 Å². The van der Waals surface area contributed by atoms with Crippen molar-refractivity contribution in [2.75, 3.05) is 6.61 Å². The Balaban J connectivity index is 0. The first kappa shape index (κ1) is 18.0. The van der Waals surface area contributed by atoms with Crippen LogP contribution in [0.25, 0.3) is 0 Å². The van der Waals surface area contributed by atoms with Crippen molar-refractivity contribution in [2.24, 2.45) is 11.7 Å². The number of halogens is 4. The maximum Gasteiger partial charge on any atom is 0.323 e. The highest BCUT2D eigenvalue weighted by molar-refractivity contribution is 6.67. The molecule has 0 amide bonds. The van der Waals surface area contributed by atoms with Crippen molar-refractivity contribution < 1.29 is 9.53 Å². The molecule has 0 saturated heterocycles.